The van der Waals surface area contributed by atoms with Crippen molar-refractivity contribution in [3.63, 3.8) is 0 Å². The average molecular weight is 908 g/mol. The monoisotopic (exact) mass is 907 g/mol. The molecule has 6 aromatic rings. The second-order valence-corrected chi connectivity index (χ2v) is 14.4. The molecule has 0 unspecified atom stereocenters. The van der Waals surface area contributed by atoms with E-state index in [1.807, 2.05) is 31.2 Å². The molecule has 0 radical (unpaired) electrons. The third-order valence-corrected chi connectivity index (χ3v) is 10.6. The molecule has 0 spiro atoms. The summed E-state index contributed by atoms with van der Waals surface area (Å²) in [5.74, 6) is -3.06. The van der Waals surface area contributed by atoms with Crippen molar-refractivity contribution >= 4 is 82.1 Å². The zero-order valence-corrected chi connectivity index (χ0v) is 40.0. The number of H-pyrrole nitrogens is 2. The van der Waals surface area contributed by atoms with Crippen LogP contribution in [-0.2, 0) is 23.1 Å². The molecule has 2 aliphatic rings. The van der Waals surface area contributed by atoms with Crippen LogP contribution >= 0.6 is 0 Å². The summed E-state index contributed by atoms with van der Waals surface area (Å²) in [6.45, 7) is 5.37. The van der Waals surface area contributed by atoms with Crippen LogP contribution in [0, 0.1) is 10.1 Å². The van der Waals surface area contributed by atoms with Crippen molar-refractivity contribution in [2.45, 2.75) is 33.4 Å². The summed E-state index contributed by atoms with van der Waals surface area (Å²) in [5, 5.41) is 11.8. The Morgan fingerprint density at radius 1 is 0.656 bits per heavy atom. The van der Waals surface area contributed by atoms with Crippen LogP contribution in [0.25, 0.3) is 22.1 Å². The number of fused-ring (bicyclic) bond motifs is 2. The number of nitrogens with zero attached hydrogens (tertiary/aromatic N) is 7. The Labute approximate surface area is 419 Å². The fourth-order valence-corrected chi connectivity index (χ4v) is 7.54. The number of carbonyl (C=O) groups is 6. The zero-order valence-electron chi connectivity index (χ0n) is 35.1. The minimum atomic E-state index is -0.850. The van der Waals surface area contributed by atoms with Crippen LogP contribution < -0.4 is 64.8 Å². The average Bonchev–Trinajstić information content (AvgIpc) is 3.91. The number of nitro groups is 1. The summed E-state index contributed by atoms with van der Waals surface area (Å²) < 4.78 is 0. The Kier molecular flexibility index (Phi) is 19.0. The largest absolute Gasteiger partial charge is 1.00 e. The van der Waals surface area contributed by atoms with E-state index >= 15 is 0 Å². The van der Waals surface area contributed by atoms with Gasteiger partial charge in [0, 0.05) is 99.0 Å². The van der Waals surface area contributed by atoms with E-state index in [0.717, 1.165) is 0 Å². The van der Waals surface area contributed by atoms with Gasteiger partial charge in [0.15, 0.2) is 0 Å². The molecule has 2 saturated heterocycles. The molecule has 2 aromatic carbocycles. The number of nitrogens with two attached hydrogens (primary N) is 1. The van der Waals surface area contributed by atoms with Gasteiger partial charge in [-0.3, -0.25) is 38.9 Å². The summed E-state index contributed by atoms with van der Waals surface area (Å²) in [7, 11) is 0. The Morgan fingerprint density at radius 3 is 1.48 bits per heavy atom. The van der Waals surface area contributed by atoms with E-state index in [1.54, 1.807) is 59.2 Å². The van der Waals surface area contributed by atoms with Crippen molar-refractivity contribution in [2.24, 2.45) is 0 Å². The van der Waals surface area contributed by atoms with Crippen molar-refractivity contribution in [2.75, 3.05) is 45.0 Å². The summed E-state index contributed by atoms with van der Waals surface area (Å²) in [4.78, 5) is 108. The summed E-state index contributed by atoms with van der Waals surface area (Å²) in [5.41, 5.74) is 7.98. The molecule has 8 rings (SSSR count). The minimum absolute atomic E-state index is 0. The molecule has 2 atom stereocenters. The van der Waals surface area contributed by atoms with E-state index in [9.17, 15) is 38.9 Å². The van der Waals surface area contributed by atoms with Gasteiger partial charge in [-0.15, -0.1) is 0 Å². The number of carbonyl (C=O) groups excluding carboxylic acids is 6. The number of Topliss-reactive ketones (excluding diaryl/α,β-unsaturated/α-hetero) is 2. The van der Waals surface area contributed by atoms with Crippen molar-refractivity contribution in [1.29, 1.82) is 0 Å². The van der Waals surface area contributed by atoms with E-state index in [1.165, 1.54) is 40.7 Å². The first-order chi connectivity index (χ1) is 28.8. The first kappa shape index (κ1) is 52.9. The molecular formula is C43H45N10Na2O8S+. The number of nitrogen functional groups attached to an aromatic ring is 1. The van der Waals surface area contributed by atoms with Gasteiger partial charge in [0.25, 0.3) is 40.9 Å². The number of thiol groups is 1. The maximum atomic E-state index is 12.9. The Hall–Kier alpha value is -5.41. The van der Waals surface area contributed by atoms with E-state index in [2.05, 4.69) is 19.9 Å². The molecule has 6 heterocycles. The molecule has 2 aliphatic heterocycles. The van der Waals surface area contributed by atoms with Crippen LogP contribution in [0.5, 0.6) is 0 Å². The second kappa shape index (κ2) is 23.0. The summed E-state index contributed by atoms with van der Waals surface area (Å²) in [6.07, 6.45) is 5.53. The maximum Gasteiger partial charge on any atom is 1.00 e. The number of nitrogens with one attached hydrogen (secondary N) is 2. The molecule has 0 bridgehead atoms. The van der Waals surface area contributed by atoms with Crippen LogP contribution in [-0.4, -0.2) is 131 Å². The summed E-state index contributed by atoms with van der Waals surface area (Å²) in [6, 6.07) is 20.0. The predicted octanol–water partition coefficient (Wildman–Crippen LogP) is -1.90. The number of hydrogen-bond acceptors (Lipinski definition) is 12. The Bertz CT molecular complexity index is 2670. The van der Waals surface area contributed by atoms with Crippen molar-refractivity contribution in [3.8, 4) is 0 Å². The third kappa shape index (κ3) is 10.9. The van der Waals surface area contributed by atoms with Crippen molar-refractivity contribution < 1.29 is 92.8 Å². The molecule has 0 aliphatic carbocycles. The molecule has 64 heavy (non-hydrogen) atoms. The molecule has 2 fully saturated rings. The number of aromatic amines is 2. The normalized spacial score (nSPS) is 15.5. The van der Waals surface area contributed by atoms with E-state index in [4.69, 9.17) is 5.73 Å². The van der Waals surface area contributed by atoms with Crippen LogP contribution in [0.1, 0.15) is 62.7 Å². The minimum Gasteiger partial charge on any atom is -0.813 e. The van der Waals surface area contributed by atoms with Crippen molar-refractivity contribution in [3.05, 3.63) is 130 Å². The van der Waals surface area contributed by atoms with E-state index in [0.29, 0.717) is 47.5 Å². The van der Waals surface area contributed by atoms with Gasteiger partial charge in [-0.1, -0.05) is 43.8 Å². The molecule has 4 N–H and O–H groups in total. The molecule has 322 valence electrons. The standard InChI is InChI=1S/C21H19N5O5.C21H21N5O3.CH4.2Na.H2S/c1-13-12-24(20(28)14-5-3-2-4-6-14)9-10-25(13)21(29)18(27)15-11-23-19-17(15)16(26(30)31)7-8-22-19;1-13-12-25(20(28)14-5-3-2-4-6-14)9-10-26(13)21(29)18(27)15-11-24-19-17(15)16(22)7-8-23-19;;;;/h2-8,11,13H,9-10,12H2,1H3,(H,22,23);2-8,11,13H,9-10,12H2,1H3,(H3,22,23,24);1H4;;;1H2/q;;;2*+1;/p-1/t2*13-;;;;/m11..../s1. The first-order valence-electron chi connectivity index (χ1n) is 19.1. The number of pyridine rings is 2. The SMILES string of the molecule is C.C[C@@H]1CN(C(=O)c2ccccc2)CCN1C(=O)C(=O)c1c[nH]c2nccc(N)c12.C[C@@H]1CN(C(=O)c2ccccc2)CCN1C(=O)C(=O)c1c[nH]c2nccc([N+](=O)[O-])c12.[Na+].[Na+].[SH-]. The Balaban J connectivity index is 0.000000321. The number of amides is 4. The number of benzene rings is 2. The molecule has 4 amide bonds. The second-order valence-electron chi connectivity index (χ2n) is 14.4. The number of rotatable bonds is 7. The molecule has 4 aromatic heterocycles. The number of hydrogen-bond donors (Lipinski definition) is 3. The van der Waals surface area contributed by atoms with Crippen LogP contribution in [0.4, 0.5) is 11.4 Å². The van der Waals surface area contributed by atoms with Gasteiger partial charge < -0.3 is 48.8 Å². The van der Waals surface area contributed by atoms with Gasteiger partial charge in [0.2, 0.25) is 0 Å². The molecule has 18 nitrogen and oxygen atoms in total. The van der Waals surface area contributed by atoms with Gasteiger partial charge >= 0.3 is 59.1 Å². The van der Waals surface area contributed by atoms with Gasteiger partial charge in [0.1, 0.15) is 16.7 Å². The fraction of sp³-hybridized carbons (Fsp3) is 0.256. The predicted molar refractivity (Wildman–Crippen MR) is 234 cm³/mol. The Morgan fingerprint density at radius 2 is 1.06 bits per heavy atom. The van der Waals surface area contributed by atoms with Crippen molar-refractivity contribution in [1.82, 2.24) is 39.5 Å². The molecule has 0 saturated carbocycles. The van der Waals surface area contributed by atoms with E-state index in [-0.39, 0.29) is 145 Å². The smallest absolute Gasteiger partial charge is 0.813 e. The van der Waals surface area contributed by atoms with Crippen LogP contribution in [0.2, 0.25) is 0 Å². The number of aromatic nitrogens is 4. The topological polar surface area (TPSA) is 242 Å². The first-order valence-corrected chi connectivity index (χ1v) is 19.1. The maximum absolute atomic E-state index is 12.9. The molecular weight excluding hydrogens is 863 g/mol. The number of ketones is 2. The van der Waals surface area contributed by atoms with Gasteiger partial charge in [-0.25, -0.2) is 9.97 Å². The number of piperazine rings is 2. The van der Waals surface area contributed by atoms with E-state index < -0.39 is 34.3 Å². The van der Waals surface area contributed by atoms with Gasteiger partial charge in [-0.2, -0.15) is 0 Å². The fourth-order valence-electron chi connectivity index (χ4n) is 7.54. The zero-order chi connectivity index (χ0) is 42.7. The van der Waals surface area contributed by atoms with Crippen LogP contribution in [0.15, 0.2) is 97.6 Å². The van der Waals surface area contributed by atoms with Gasteiger partial charge in [0.05, 0.1) is 21.4 Å². The number of anilines is 1. The van der Waals surface area contributed by atoms with Gasteiger partial charge in [-0.05, 0) is 44.2 Å². The van der Waals surface area contributed by atoms with Crippen LogP contribution in [0.3, 0.4) is 0 Å². The third-order valence-electron chi connectivity index (χ3n) is 10.6. The summed E-state index contributed by atoms with van der Waals surface area (Å²) >= 11 is 0. The quantitative estimate of drug-likeness (QED) is 0.0303. The molecule has 21 heteroatoms.